The van der Waals surface area contributed by atoms with Crippen LogP contribution in [0.15, 0.2) is 72.8 Å². The molecule has 3 aromatic carbocycles. The Morgan fingerprint density at radius 1 is 0.902 bits per heavy atom. The van der Waals surface area contributed by atoms with Crippen molar-refractivity contribution >= 4 is 35.0 Å². The van der Waals surface area contributed by atoms with E-state index in [9.17, 15) is 9.59 Å². The molecule has 7 heteroatoms. The number of halogens is 2. The van der Waals surface area contributed by atoms with Crippen LogP contribution < -0.4 is 10.1 Å². The van der Waals surface area contributed by atoms with Crippen molar-refractivity contribution in [2.45, 2.75) is 83.3 Å². The minimum Gasteiger partial charge on any atom is -0.484 e. The molecule has 0 unspecified atom stereocenters. The molecule has 5 nitrogen and oxygen atoms in total. The predicted octanol–water partition coefficient (Wildman–Crippen LogP) is 7.76. The van der Waals surface area contributed by atoms with Crippen molar-refractivity contribution in [3.8, 4) is 5.75 Å². The molecule has 0 saturated heterocycles. The van der Waals surface area contributed by atoms with Crippen LogP contribution in [0, 0.1) is 0 Å². The third-order valence-corrected chi connectivity index (χ3v) is 8.40. The lowest BCUT2D eigenvalue weighted by molar-refractivity contribution is -0.143. The molecule has 2 amide bonds. The van der Waals surface area contributed by atoms with Gasteiger partial charge in [0.05, 0.1) is 0 Å². The number of benzene rings is 3. The van der Waals surface area contributed by atoms with E-state index in [2.05, 4.69) is 26.1 Å². The fraction of sp³-hybridized carbons (Fsp3) is 0.412. The van der Waals surface area contributed by atoms with E-state index in [1.54, 1.807) is 23.1 Å². The molecule has 1 aliphatic rings. The summed E-state index contributed by atoms with van der Waals surface area (Å²) >= 11 is 13.1. The molecule has 0 bridgehead atoms. The average molecular weight is 596 g/mol. The highest BCUT2D eigenvalue weighted by atomic mass is 35.5. The van der Waals surface area contributed by atoms with Crippen molar-refractivity contribution in [3.63, 3.8) is 0 Å². The zero-order valence-corrected chi connectivity index (χ0v) is 25.7. The van der Waals surface area contributed by atoms with Crippen LogP contribution in [0.25, 0.3) is 0 Å². The van der Waals surface area contributed by atoms with Crippen molar-refractivity contribution in [1.82, 2.24) is 10.2 Å². The van der Waals surface area contributed by atoms with Gasteiger partial charge in [-0.25, -0.2) is 0 Å². The van der Waals surface area contributed by atoms with E-state index >= 15 is 0 Å². The number of carbonyl (C=O) groups is 2. The van der Waals surface area contributed by atoms with E-state index in [1.807, 2.05) is 54.6 Å². The molecule has 1 fully saturated rings. The van der Waals surface area contributed by atoms with Gasteiger partial charge in [-0.2, -0.15) is 0 Å². The maximum atomic E-state index is 13.9. The van der Waals surface area contributed by atoms with Crippen LogP contribution >= 0.6 is 23.2 Å². The fourth-order valence-corrected chi connectivity index (χ4v) is 5.75. The van der Waals surface area contributed by atoms with Crippen molar-refractivity contribution in [2.75, 3.05) is 6.61 Å². The summed E-state index contributed by atoms with van der Waals surface area (Å²) in [6.45, 7) is 6.30. The molecule has 0 heterocycles. The highest BCUT2D eigenvalue weighted by Gasteiger charge is 2.33. The molecule has 1 aliphatic carbocycles. The summed E-state index contributed by atoms with van der Waals surface area (Å²) in [5.74, 6) is 0.0979. The topological polar surface area (TPSA) is 58.6 Å². The summed E-state index contributed by atoms with van der Waals surface area (Å²) in [5.41, 5.74) is 2.74. The maximum absolute atomic E-state index is 13.9. The molecule has 1 atom stereocenters. The first-order valence-electron chi connectivity index (χ1n) is 14.4. The van der Waals surface area contributed by atoms with Crippen molar-refractivity contribution in [3.05, 3.63) is 99.5 Å². The van der Waals surface area contributed by atoms with E-state index in [0.29, 0.717) is 27.8 Å². The third kappa shape index (κ3) is 8.73. The van der Waals surface area contributed by atoms with Crippen LogP contribution in [0.4, 0.5) is 0 Å². The summed E-state index contributed by atoms with van der Waals surface area (Å²) in [6.07, 6.45) is 5.61. The summed E-state index contributed by atoms with van der Waals surface area (Å²) in [4.78, 5) is 29.4. The largest absolute Gasteiger partial charge is 0.484 e. The fourth-order valence-electron chi connectivity index (χ4n) is 5.23. The molecule has 1 saturated carbocycles. The molecule has 1 N–H and O–H groups in total. The molecule has 41 heavy (non-hydrogen) atoms. The Morgan fingerprint density at radius 3 is 2.15 bits per heavy atom. The maximum Gasteiger partial charge on any atom is 0.261 e. The summed E-state index contributed by atoms with van der Waals surface area (Å²) in [6, 6.07) is 22.1. The highest BCUT2D eigenvalue weighted by Crippen LogP contribution is 2.28. The molecule has 0 spiro atoms. The standard InChI is InChI=1S/C34H40Cl2N2O3/c1-34(2,3)25-17-19-27(20-18-25)41-23-32(39)38(22-28-29(35)15-10-16-30(28)36)31(21-24-11-6-4-7-12-24)33(40)37-26-13-8-5-9-14-26/h4,6-7,10-12,15-20,26,31H,5,8-9,13-14,21-23H2,1-3H3,(H,37,40)/t31-/m1/s1. The number of hydrogen-bond donors (Lipinski definition) is 1. The Morgan fingerprint density at radius 2 is 1.54 bits per heavy atom. The van der Waals surface area contributed by atoms with Gasteiger partial charge >= 0.3 is 0 Å². The number of rotatable bonds is 10. The second-order valence-electron chi connectivity index (χ2n) is 11.8. The van der Waals surface area contributed by atoms with Crippen molar-refractivity contribution in [1.29, 1.82) is 0 Å². The summed E-state index contributed by atoms with van der Waals surface area (Å²) in [7, 11) is 0. The quantitative estimate of drug-likeness (QED) is 0.261. The smallest absolute Gasteiger partial charge is 0.261 e. The van der Waals surface area contributed by atoms with Crippen LogP contribution in [0.2, 0.25) is 10.0 Å². The van der Waals surface area contributed by atoms with Gasteiger partial charge in [-0.15, -0.1) is 0 Å². The molecule has 0 aliphatic heterocycles. The van der Waals surface area contributed by atoms with Crippen LogP contribution in [-0.2, 0) is 28.0 Å². The van der Waals surface area contributed by atoms with Gasteiger partial charge in [0.1, 0.15) is 11.8 Å². The van der Waals surface area contributed by atoms with Gasteiger partial charge in [0.25, 0.3) is 5.91 Å². The van der Waals surface area contributed by atoms with Crippen LogP contribution in [0.5, 0.6) is 5.75 Å². The van der Waals surface area contributed by atoms with Gasteiger partial charge in [-0.05, 0) is 53.6 Å². The highest BCUT2D eigenvalue weighted by molar-refractivity contribution is 6.36. The van der Waals surface area contributed by atoms with Gasteiger partial charge in [0.15, 0.2) is 6.61 Å². The number of ether oxygens (including phenoxy) is 1. The van der Waals surface area contributed by atoms with Gasteiger partial charge in [-0.3, -0.25) is 9.59 Å². The van der Waals surface area contributed by atoms with E-state index in [4.69, 9.17) is 27.9 Å². The van der Waals surface area contributed by atoms with E-state index in [-0.39, 0.29) is 36.4 Å². The van der Waals surface area contributed by atoms with Gasteiger partial charge < -0.3 is 15.0 Å². The first kappa shape index (κ1) is 30.9. The van der Waals surface area contributed by atoms with Gasteiger partial charge in [0.2, 0.25) is 5.91 Å². The molecule has 0 aromatic heterocycles. The second-order valence-corrected chi connectivity index (χ2v) is 12.6. The molecule has 4 rings (SSSR count). The zero-order chi connectivity index (χ0) is 29.4. The Hall–Kier alpha value is -3.02. The van der Waals surface area contributed by atoms with Crippen LogP contribution in [0.3, 0.4) is 0 Å². The van der Waals surface area contributed by atoms with Crippen LogP contribution in [-0.4, -0.2) is 35.4 Å². The lowest BCUT2D eigenvalue weighted by Crippen LogP contribution is -2.53. The lowest BCUT2D eigenvalue weighted by Gasteiger charge is -2.33. The minimum atomic E-state index is -0.772. The Balaban J connectivity index is 1.62. The monoisotopic (exact) mass is 594 g/mol. The van der Waals surface area contributed by atoms with E-state index < -0.39 is 6.04 Å². The molecular weight excluding hydrogens is 555 g/mol. The second kappa shape index (κ2) is 14.2. The Labute approximate surface area is 254 Å². The number of carbonyl (C=O) groups excluding carboxylic acids is 2. The zero-order valence-electron chi connectivity index (χ0n) is 24.2. The Bertz CT molecular complexity index is 1280. The van der Waals surface area contributed by atoms with E-state index in [1.165, 1.54) is 12.0 Å². The lowest BCUT2D eigenvalue weighted by atomic mass is 9.87. The van der Waals surface area contributed by atoms with Crippen LogP contribution in [0.1, 0.15) is 69.6 Å². The third-order valence-electron chi connectivity index (χ3n) is 7.70. The number of nitrogens with one attached hydrogen (secondary N) is 1. The SMILES string of the molecule is CC(C)(C)c1ccc(OCC(=O)N(Cc2c(Cl)cccc2Cl)[C@H](Cc2ccccc2)C(=O)NC2CCCCC2)cc1. The molecule has 3 aromatic rings. The summed E-state index contributed by atoms with van der Waals surface area (Å²) < 4.78 is 5.96. The molecular formula is C34H40Cl2N2O3. The van der Waals surface area contributed by atoms with Crippen molar-refractivity contribution in [2.24, 2.45) is 0 Å². The van der Waals surface area contributed by atoms with Gasteiger partial charge in [-0.1, -0.05) is 112 Å². The molecule has 0 radical (unpaired) electrons. The van der Waals surface area contributed by atoms with Gasteiger partial charge in [0, 0.05) is 34.6 Å². The first-order valence-corrected chi connectivity index (χ1v) is 15.2. The number of nitrogens with zero attached hydrogens (tertiary/aromatic N) is 1. The number of hydrogen-bond acceptors (Lipinski definition) is 3. The normalized spacial score (nSPS) is 14.8. The first-order chi connectivity index (χ1) is 19.6. The number of amides is 2. The van der Waals surface area contributed by atoms with E-state index in [0.717, 1.165) is 31.2 Å². The Kier molecular flexibility index (Phi) is 10.7. The average Bonchev–Trinajstić information content (AvgIpc) is 2.96. The van der Waals surface area contributed by atoms with Crippen molar-refractivity contribution < 1.29 is 14.3 Å². The summed E-state index contributed by atoms with van der Waals surface area (Å²) in [5, 5.41) is 4.13. The molecule has 218 valence electrons. The predicted molar refractivity (Wildman–Crippen MR) is 167 cm³/mol. The minimum absolute atomic E-state index is 0.00965.